The second-order valence-corrected chi connectivity index (χ2v) is 6.91. The van der Waals surface area contributed by atoms with E-state index in [1.54, 1.807) is 30.5 Å². The van der Waals surface area contributed by atoms with E-state index in [-0.39, 0.29) is 17.4 Å². The van der Waals surface area contributed by atoms with Gasteiger partial charge in [-0.2, -0.15) is 0 Å². The van der Waals surface area contributed by atoms with Gasteiger partial charge in [-0.15, -0.1) is 0 Å². The summed E-state index contributed by atoms with van der Waals surface area (Å²) in [4.78, 5) is 16.2. The lowest BCUT2D eigenvalue weighted by atomic mass is 10.2. The molecule has 1 aliphatic rings. The van der Waals surface area contributed by atoms with Gasteiger partial charge in [0, 0.05) is 24.7 Å². The van der Waals surface area contributed by atoms with Crippen LogP contribution in [0, 0.1) is 0 Å². The van der Waals surface area contributed by atoms with Crippen molar-refractivity contribution < 1.29 is 17.9 Å². The van der Waals surface area contributed by atoms with Gasteiger partial charge in [0.15, 0.2) is 0 Å². The van der Waals surface area contributed by atoms with Gasteiger partial charge in [0.2, 0.25) is 5.91 Å². The van der Waals surface area contributed by atoms with Crippen LogP contribution in [0.4, 0.5) is 0 Å². The molecule has 122 valence electrons. The zero-order valence-electron chi connectivity index (χ0n) is 12.4. The summed E-state index contributed by atoms with van der Waals surface area (Å²) < 4.78 is 32.5. The van der Waals surface area contributed by atoms with E-state index in [4.69, 9.17) is 4.74 Å². The van der Waals surface area contributed by atoms with Crippen molar-refractivity contribution in [3.63, 3.8) is 0 Å². The molecule has 3 rings (SSSR count). The van der Waals surface area contributed by atoms with Crippen LogP contribution >= 0.6 is 0 Å². The predicted molar refractivity (Wildman–Crippen MR) is 84.3 cm³/mol. The summed E-state index contributed by atoms with van der Waals surface area (Å²) in [6.07, 6.45) is 1.27. The van der Waals surface area contributed by atoms with Gasteiger partial charge in [0.05, 0.1) is 29.5 Å². The number of hydrogen-bond donors (Lipinski definition) is 2. The summed E-state index contributed by atoms with van der Waals surface area (Å²) in [6.45, 7) is 1.78. The number of nitrogens with one attached hydrogen (secondary N) is 2. The predicted octanol–water partition coefficient (Wildman–Crippen LogP) is 0.418. The van der Waals surface area contributed by atoms with Crippen molar-refractivity contribution in [2.24, 2.45) is 0 Å². The molecule has 1 unspecified atom stereocenters. The molecule has 2 heterocycles. The quantitative estimate of drug-likeness (QED) is 0.840. The maximum absolute atomic E-state index is 12.5. The first-order valence-corrected chi connectivity index (χ1v) is 8.76. The minimum Gasteiger partial charge on any atom is -0.375 e. The van der Waals surface area contributed by atoms with Crippen molar-refractivity contribution in [2.45, 2.75) is 17.4 Å². The number of ether oxygens (including phenoxy) is 1. The number of sulfonamides is 1. The fourth-order valence-corrected chi connectivity index (χ4v) is 3.73. The number of hydrogen-bond acceptors (Lipinski definition) is 6. The Hall–Kier alpha value is -2.03. The Morgan fingerprint density at radius 1 is 1.35 bits per heavy atom. The number of benzene rings is 1. The van der Waals surface area contributed by atoms with Crippen LogP contribution in [0.2, 0.25) is 0 Å². The van der Waals surface area contributed by atoms with Crippen LogP contribution in [-0.2, 0) is 19.6 Å². The normalized spacial score (nSPS) is 18.7. The van der Waals surface area contributed by atoms with E-state index in [1.165, 1.54) is 6.07 Å². The molecule has 1 fully saturated rings. The molecule has 2 aromatic rings. The van der Waals surface area contributed by atoms with E-state index in [1.807, 2.05) is 0 Å². The monoisotopic (exact) mass is 335 g/mol. The van der Waals surface area contributed by atoms with Gasteiger partial charge in [-0.3, -0.25) is 9.78 Å². The first-order valence-electron chi connectivity index (χ1n) is 7.28. The van der Waals surface area contributed by atoms with Crippen LogP contribution in [0.3, 0.4) is 0 Å². The Balaban J connectivity index is 1.79. The number of aromatic nitrogens is 1. The summed E-state index contributed by atoms with van der Waals surface area (Å²) in [5, 5.41) is 3.57. The van der Waals surface area contributed by atoms with Crippen LogP contribution in [-0.4, -0.2) is 45.1 Å². The summed E-state index contributed by atoms with van der Waals surface area (Å²) in [6, 6.07) is 8.10. The summed E-state index contributed by atoms with van der Waals surface area (Å²) in [7, 11) is -3.95. The van der Waals surface area contributed by atoms with Gasteiger partial charge >= 0.3 is 0 Å². The molecule has 2 N–H and O–H groups in total. The molecule has 1 aliphatic heterocycles. The highest BCUT2D eigenvalue weighted by atomic mass is 32.2. The molecule has 1 aromatic carbocycles. The number of carbonyl (C=O) groups excluding carboxylic acids is 1. The average molecular weight is 335 g/mol. The highest BCUT2D eigenvalue weighted by molar-refractivity contribution is 7.90. The van der Waals surface area contributed by atoms with Crippen LogP contribution in [0.25, 0.3) is 10.9 Å². The maximum atomic E-state index is 12.5. The second kappa shape index (κ2) is 6.61. The van der Waals surface area contributed by atoms with Gasteiger partial charge in [0.25, 0.3) is 10.0 Å². The Kier molecular flexibility index (Phi) is 4.56. The molecule has 1 aromatic heterocycles. The van der Waals surface area contributed by atoms with E-state index < -0.39 is 15.9 Å². The molecule has 1 saturated heterocycles. The SMILES string of the molecule is O=C(CC1CNCCO1)NS(=O)(=O)c1cccc2ncccc12. The molecular weight excluding hydrogens is 318 g/mol. The maximum Gasteiger partial charge on any atom is 0.264 e. The lowest BCUT2D eigenvalue weighted by Crippen LogP contribution is -2.42. The summed E-state index contributed by atoms with van der Waals surface area (Å²) in [5.74, 6) is -0.584. The van der Waals surface area contributed by atoms with Gasteiger partial charge in [-0.1, -0.05) is 6.07 Å². The number of fused-ring (bicyclic) bond motifs is 1. The molecule has 0 bridgehead atoms. The van der Waals surface area contributed by atoms with Gasteiger partial charge < -0.3 is 10.1 Å². The van der Waals surface area contributed by atoms with Crippen LogP contribution in [0.15, 0.2) is 41.4 Å². The van der Waals surface area contributed by atoms with Crippen molar-refractivity contribution in [1.29, 1.82) is 0 Å². The molecule has 0 saturated carbocycles. The Bertz CT molecular complexity index is 811. The highest BCUT2D eigenvalue weighted by Crippen LogP contribution is 2.21. The van der Waals surface area contributed by atoms with Crippen molar-refractivity contribution in [2.75, 3.05) is 19.7 Å². The van der Waals surface area contributed by atoms with Crippen molar-refractivity contribution in [3.05, 3.63) is 36.5 Å². The molecule has 8 heteroatoms. The number of rotatable bonds is 4. The minimum absolute atomic E-state index is 0.00472. The van der Waals surface area contributed by atoms with E-state index in [9.17, 15) is 13.2 Å². The van der Waals surface area contributed by atoms with Crippen molar-refractivity contribution in [1.82, 2.24) is 15.0 Å². The average Bonchev–Trinajstić information content (AvgIpc) is 2.54. The van der Waals surface area contributed by atoms with Gasteiger partial charge in [-0.05, 0) is 24.3 Å². The highest BCUT2D eigenvalue weighted by Gasteiger charge is 2.23. The number of amides is 1. The lowest BCUT2D eigenvalue weighted by molar-refractivity contribution is -0.122. The largest absolute Gasteiger partial charge is 0.375 e. The van der Waals surface area contributed by atoms with E-state index in [0.717, 1.165) is 6.54 Å². The van der Waals surface area contributed by atoms with Crippen LogP contribution in [0.1, 0.15) is 6.42 Å². The standard InChI is InChI=1S/C15H17N3O4S/c19-15(9-11-10-16-7-8-22-11)18-23(20,21)14-5-1-4-13-12(14)3-2-6-17-13/h1-6,11,16H,7-10H2,(H,18,19). The molecule has 1 amide bonds. The summed E-state index contributed by atoms with van der Waals surface area (Å²) in [5.41, 5.74) is 0.558. The van der Waals surface area contributed by atoms with Crippen molar-refractivity contribution >= 4 is 26.8 Å². The molecule has 0 spiro atoms. The number of pyridine rings is 1. The van der Waals surface area contributed by atoms with Crippen molar-refractivity contribution in [3.8, 4) is 0 Å². The fraction of sp³-hybridized carbons (Fsp3) is 0.333. The van der Waals surface area contributed by atoms with Crippen LogP contribution < -0.4 is 10.0 Å². The fourth-order valence-electron chi connectivity index (χ4n) is 2.51. The number of morpholine rings is 1. The third-order valence-corrected chi connectivity index (χ3v) is 4.99. The van der Waals surface area contributed by atoms with E-state index >= 15 is 0 Å². The molecule has 7 nitrogen and oxygen atoms in total. The van der Waals surface area contributed by atoms with Crippen LogP contribution in [0.5, 0.6) is 0 Å². The Morgan fingerprint density at radius 2 is 2.22 bits per heavy atom. The van der Waals surface area contributed by atoms with E-state index in [2.05, 4.69) is 15.0 Å². The molecule has 0 radical (unpaired) electrons. The molecule has 1 atom stereocenters. The minimum atomic E-state index is -3.95. The first-order chi connectivity index (χ1) is 11.1. The smallest absolute Gasteiger partial charge is 0.264 e. The van der Waals surface area contributed by atoms with Gasteiger partial charge in [0.1, 0.15) is 0 Å². The molecule has 23 heavy (non-hydrogen) atoms. The number of carbonyl (C=O) groups is 1. The lowest BCUT2D eigenvalue weighted by Gasteiger charge is -2.23. The Morgan fingerprint density at radius 3 is 3.00 bits per heavy atom. The first kappa shape index (κ1) is 15.9. The topological polar surface area (TPSA) is 97.4 Å². The molecule has 0 aliphatic carbocycles. The van der Waals surface area contributed by atoms with E-state index in [0.29, 0.717) is 24.1 Å². The third-order valence-electron chi connectivity index (χ3n) is 3.56. The zero-order valence-corrected chi connectivity index (χ0v) is 13.2. The number of nitrogens with zero attached hydrogens (tertiary/aromatic N) is 1. The second-order valence-electron chi connectivity index (χ2n) is 5.26. The van der Waals surface area contributed by atoms with Gasteiger partial charge in [-0.25, -0.2) is 13.1 Å². The third kappa shape index (κ3) is 3.66. The molecular formula is C15H17N3O4S. The zero-order chi connectivity index (χ0) is 16.3. The Labute approximate surface area is 134 Å². The summed E-state index contributed by atoms with van der Waals surface area (Å²) >= 11 is 0.